The van der Waals surface area contributed by atoms with Crippen LogP contribution in [-0.4, -0.2) is 83.3 Å². The number of rotatable bonds is 7. The highest BCUT2D eigenvalue weighted by Gasteiger charge is 2.22. The standard InChI is InChI=1S/C20H27N7O2S/c1-15-23-18(25-20-22-14-17(13-21)30-20)12-19(24-15)29-16-2-4-26(5-3-16)6-7-27-8-10-28-11-9-27/h12,14,16H,2-11H2,1H3,(H,22,23,24,25). The summed E-state index contributed by atoms with van der Waals surface area (Å²) >= 11 is 1.29. The molecule has 160 valence electrons. The molecule has 2 aromatic rings. The van der Waals surface area contributed by atoms with Crippen molar-refractivity contribution in [2.75, 3.05) is 57.8 Å². The number of aryl methyl sites for hydroxylation is 1. The van der Waals surface area contributed by atoms with Gasteiger partial charge in [-0.3, -0.25) is 4.90 Å². The third-order valence-corrected chi connectivity index (χ3v) is 6.14. The van der Waals surface area contributed by atoms with Crippen molar-refractivity contribution in [2.45, 2.75) is 25.9 Å². The van der Waals surface area contributed by atoms with Gasteiger partial charge in [0.2, 0.25) is 5.88 Å². The van der Waals surface area contributed by atoms with Crippen molar-refractivity contribution >= 4 is 22.3 Å². The number of hydrogen-bond donors (Lipinski definition) is 1. The van der Waals surface area contributed by atoms with E-state index in [0.29, 0.717) is 27.5 Å². The average molecular weight is 430 g/mol. The number of nitrogens with one attached hydrogen (secondary N) is 1. The zero-order valence-corrected chi connectivity index (χ0v) is 18.0. The maximum atomic E-state index is 8.94. The summed E-state index contributed by atoms with van der Waals surface area (Å²) in [4.78, 5) is 18.6. The molecule has 0 unspecified atom stereocenters. The van der Waals surface area contributed by atoms with E-state index in [1.807, 2.05) is 6.92 Å². The van der Waals surface area contributed by atoms with Gasteiger partial charge in [0.15, 0.2) is 5.13 Å². The Labute approximate surface area is 180 Å². The van der Waals surface area contributed by atoms with Crippen molar-refractivity contribution in [1.82, 2.24) is 24.8 Å². The molecule has 30 heavy (non-hydrogen) atoms. The van der Waals surface area contributed by atoms with Gasteiger partial charge in [-0.05, 0) is 19.8 Å². The van der Waals surface area contributed by atoms with Crippen LogP contribution in [0.1, 0.15) is 23.5 Å². The van der Waals surface area contributed by atoms with Gasteiger partial charge in [0, 0.05) is 45.3 Å². The summed E-state index contributed by atoms with van der Waals surface area (Å²) in [7, 11) is 0. The first kappa shape index (κ1) is 20.9. The number of ether oxygens (including phenoxy) is 2. The van der Waals surface area contributed by atoms with E-state index in [1.54, 1.807) is 12.3 Å². The van der Waals surface area contributed by atoms with Crippen LogP contribution >= 0.6 is 11.3 Å². The molecule has 9 nitrogen and oxygen atoms in total. The van der Waals surface area contributed by atoms with Crippen LogP contribution in [0.2, 0.25) is 0 Å². The number of nitriles is 1. The Morgan fingerprint density at radius 1 is 1.20 bits per heavy atom. The molecule has 0 aromatic carbocycles. The van der Waals surface area contributed by atoms with E-state index in [-0.39, 0.29) is 6.10 Å². The third kappa shape index (κ3) is 5.86. The van der Waals surface area contributed by atoms with Crippen LogP contribution in [0.15, 0.2) is 12.3 Å². The second-order valence-electron chi connectivity index (χ2n) is 7.52. The lowest BCUT2D eigenvalue weighted by molar-refractivity contribution is 0.0287. The van der Waals surface area contributed by atoms with Gasteiger partial charge in [-0.1, -0.05) is 11.3 Å². The summed E-state index contributed by atoms with van der Waals surface area (Å²) in [5.41, 5.74) is 0. The van der Waals surface area contributed by atoms with Crippen molar-refractivity contribution in [3.63, 3.8) is 0 Å². The second-order valence-corrected chi connectivity index (χ2v) is 8.55. The number of thiazole rings is 1. The number of aromatic nitrogens is 3. The first-order valence-corrected chi connectivity index (χ1v) is 11.2. The Hall–Kier alpha value is -2.32. The normalized spacial score (nSPS) is 18.8. The average Bonchev–Trinajstić information content (AvgIpc) is 3.21. The van der Waals surface area contributed by atoms with Crippen LogP contribution in [0.25, 0.3) is 0 Å². The SMILES string of the molecule is Cc1nc(Nc2ncc(C#N)s2)cc(OC2CCN(CCN3CCOCC3)CC2)n1. The predicted octanol–water partition coefficient (Wildman–Crippen LogP) is 2.03. The molecule has 2 fully saturated rings. The molecule has 4 rings (SSSR count). The first-order chi connectivity index (χ1) is 14.7. The summed E-state index contributed by atoms with van der Waals surface area (Å²) in [6.07, 6.45) is 3.70. The van der Waals surface area contributed by atoms with E-state index in [4.69, 9.17) is 14.7 Å². The van der Waals surface area contributed by atoms with Gasteiger partial charge in [-0.2, -0.15) is 10.2 Å². The van der Waals surface area contributed by atoms with Crippen molar-refractivity contribution in [3.05, 3.63) is 23.0 Å². The van der Waals surface area contributed by atoms with Gasteiger partial charge in [-0.15, -0.1) is 0 Å². The zero-order chi connectivity index (χ0) is 20.8. The van der Waals surface area contributed by atoms with Crippen LogP contribution in [0, 0.1) is 18.3 Å². The molecule has 2 aliphatic rings. The highest BCUT2D eigenvalue weighted by molar-refractivity contribution is 7.16. The van der Waals surface area contributed by atoms with E-state index in [1.165, 1.54) is 11.3 Å². The fourth-order valence-corrected chi connectivity index (χ4v) is 4.31. The molecule has 2 aliphatic heterocycles. The predicted molar refractivity (Wildman–Crippen MR) is 114 cm³/mol. The third-order valence-electron chi connectivity index (χ3n) is 5.32. The molecule has 0 radical (unpaired) electrons. The maximum absolute atomic E-state index is 8.94. The summed E-state index contributed by atoms with van der Waals surface area (Å²) < 4.78 is 11.6. The monoisotopic (exact) mass is 429 g/mol. The molecular weight excluding hydrogens is 402 g/mol. The Kier molecular flexibility index (Phi) is 7.07. The number of likely N-dealkylation sites (tertiary alicyclic amines) is 1. The topological polar surface area (TPSA) is 99.4 Å². The minimum absolute atomic E-state index is 0.164. The van der Waals surface area contributed by atoms with Gasteiger partial charge in [0.05, 0.1) is 19.4 Å². The molecule has 0 atom stereocenters. The minimum Gasteiger partial charge on any atom is -0.474 e. The number of nitrogens with zero attached hydrogens (tertiary/aromatic N) is 6. The highest BCUT2D eigenvalue weighted by Crippen LogP contribution is 2.24. The highest BCUT2D eigenvalue weighted by atomic mass is 32.1. The van der Waals surface area contributed by atoms with Gasteiger partial charge < -0.3 is 19.7 Å². The van der Waals surface area contributed by atoms with Crippen LogP contribution in [0.3, 0.4) is 0 Å². The van der Waals surface area contributed by atoms with E-state index < -0.39 is 0 Å². The fourth-order valence-electron chi connectivity index (χ4n) is 3.69. The molecule has 0 saturated carbocycles. The van der Waals surface area contributed by atoms with Gasteiger partial charge >= 0.3 is 0 Å². The number of piperidine rings is 1. The van der Waals surface area contributed by atoms with Crippen LogP contribution in [0.5, 0.6) is 5.88 Å². The van der Waals surface area contributed by atoms with Crippen molar-refractivity contribution in [1.29, 1.82) is 5.26 Å². The lowest BCUT2D eigenvalue weighted by Gasteiger charge is -2.34. The molecule has 0 aliphatic carbocycles. The number of hydrogen-bond acceptors (Lipinski definition) is 10. The maximum Gasteiger partial charge on any atom is 0.219 e. The molecule has 1 N–H and O–H groups in total. The molecule has 0 spiro atoms. The number of anilines is 2. The zero-order valence-electron chi connectivity index (χ0n) is 17.2. The first-order valence-electron chi connectivity index (χ1n) is 10.4. The Morgan fingerprint density at radius 2 is 1.93 bits per heavy atom. The molecule has 0 bridgehead atoms. The molecule has 2 saturated heterocycles. The minimum atomic E-state index is 0.164. The van der Waals surface area contributed by atoms with Gasteiger partial charge in [0.25, 0.3) is 0 Å². The second kappa shape index (κ2) is 10.1. The van der Waals surface area contributed by atoms with Crippen molar-refractivity contribution < 1.29 is 9.47 Å². The van der Waals surface area contributed by atoms with Crippen molar-refractivity contribution in [3.8, 4) is 11.9 Å². The molecule has 10 heteroatoms. The quantitative estimate of drug-likeness (QED) is 0.708. The number of morpholine rings is 1. The van der Waals surface area contributed by atoms with Gasteiger partial charge in [0.1, 0.15) is 28.7 Å². The summed E-state index contributed by atoms with van der Waals surface area (Å²) in [6.45, 7) is 9.93. The molecule has 2 aromatic heterocycles. The Balaban J connectivity index is 1.26. The largest absolute Gasteiger partial charge is 0.474 e. The van der Waals surface area contributed by atoms with Crippen LogP contribution < -0.4 is 10.1 Å². The lowest BCUT2D eigenvalue weighted by atomic mass is 10.1. The summed E-state index contributed by atoms with van der Waals surface area (Å²) in [5.74, 6) is 1.84. The van der Waals surface area contributed by atoms with E-state index in [2.05, 4.69) is 36.1 Å². The van der Waals surface area contributed by atoms with E-state index >= 15 is 0 Å². The lowest BCUT2D eigenvalue weighted by Crippen LogP contribution is -2.44. The summed E-state index contributed by atoms with van der Waals surface area (Å²) in [6, 6.07) is 3.88. The van der Waals surface area contributed by atoms with E-state index in [0.717, 1.165) is 65.3 Å². The Morgan fingerprint density at radius 3 is 2.63 bits per heavy atom. The Bertz CT molecular complexity index is 870. The molecule has 4 heterocycles. The fraction of sp³-hybridized carbons (Fsp3) is 0.600. The van der Waals surface area contributed by atoms with Crippen LogP contribution in [-0.2, 0) is 4.74 Å². The van der Waals surface area contributed by atoms with Crippen molar-refractivity contribution in [2.24, 2.45) is 0 Å². The van der Waals surface area contributed by atoms with Gasteiger partial charge in [-0.25, -0.2) is 9.97 Å². The summed E-state index contributed by atoms with van der Waals surface area (Å²) in [5, 5.41) is 12.7. The molecular formula is C20H27N7O2S. The smallest absolute Gasteiger partial charge is 0.219 e. The van der Waals surface area contributed by atoms with Crippen LogP contribution in [0.4, 0.5) is 10.9 Å². The molecule has 0 amide bonds. The van der Waals surface area contributed by atoms with E-state index in [9.17, 15) is 0 Å².